The average Bonchev–Trinajstić information content (AvgIpc) is 2.01. The lowest BCUT2D eigenvalue weighted by Gasteiger charge is -2.16. The van der Waals surface area contributed by atoms with Gasteiger partial charge in [0.2, 0.25) is 0 Å². The summed E-state index contributed by atoms with van der Waals surface area (Å²) in [5.74, 6) is 1.06. The molecule has 1 rings (SSSR count). The zero-order valence-electron chi connectivity index (χ0n) is 8.26. The Bertz CT molecular complexity index is 248. The zero-order valence-corrected chi connectivity index (χ0v) is 8.26. The first-order valence-corrected chi connectivity index (χ1v) is 4.30. The summed E-state index contributed by atoms with van der Waals surface area (Å²) in [6, 6.07) is 4.20. The Morgan fingerprint density at radius 1 is 1.33 bits per heavy atom. The molecular formula is C10H16N2. The molecular weight excluding hydrogens is 148 g/mol. The molecule has 1 aromatic heterocycles. The van der Waals surface area contributed by atoms with Gasteiger partial charge in [-0.25, -0.2) is 4.98 Å². The molecule has 0 aliphatic rings. The monoisotopic (exact) mass is 164 g/mol. The van der Waals surface area contributed by atoms with Crippen LogP contribution >= 0.6 is 0 Å². The maximum atomic E-state index is 4.43. The molecule has 66 valence electrons. The van der Waals surface area contributed by atoms with Crippen molar-refractivity contribution >= 4 is 5.82 Å². The average molecular weight is 164 g/mol. The molecule has 0 saturated carbocycles. The standard InChI is InChI=1S/C10H16N2/c1-5-12(4)10-7-8(2)6-9(3)11-10/h6-7H,5H2,1-4H3. The molecule has 0 saturated heterocycles. The van der Waals surface area contributed by atoms with Crippen molar-refractivity contribution in [3.63, 3.8) is 0 Å². The van der Waals surface area contributed by atoms with Crippen LogP contribution in [0.1, 0.15) is 18.2 Å². The molecule has 0 atom stereocenters. The minimum atomic E-state index is 0.996. The van der Waals surface area contributed by atoms with Crippen molar-refractivity contribution in [3.8, 4) is 0 Å². The first-order valence-electron chi connectivity index (χ1n) is 4.30. The molecule has 2 nitrogen and oxygen atoms in total. The third-order valence-corrected chi connectivity index (χ3v) is 1.95. The highest BCUT2D eigenvalue weighted by molar-refractivity contribution is 5.41. The van der Waals surface area contributed by atoms with Crippen LogP contribution in [0, 0.1) is 13.8 Å². The molecule has 0 bridgehead atoms. The Morgan fingerprint density at radius 2 is 2.00 bits per heavy atom. The van der Waals surface area contributed by atoms with Crippen LogP contribution < -0.4 is 4.90 Å². The first-order chi connectivity index (χ1) is 5.63. The summed E-state index contributed by atoms with van der Waals surface area (Å²) in [6.07, 6.45) is 0. The summed E-state index contributed by atoms with van der Waals surface area (Å²) in [4.78, 5) is 6.57. The van der Waals surface area contributed by atoms with Crippen LogP contribution in [0.4, 0.5) is 5.82 Å². The van der Waals surface area contributed by atoms with Crippen molar-refractivity contribution < 1.29 is 0 Å². The van der Waals surface area contributed by atoms with E-state index in [0.29, 0.717) is 0 Å². The molecule has 0 aliphatic heterocycles. The summed E-state index contributed by atoms with van der Waals surface area (Å²) < 4.78 is 0. The van der Waals surface area contributed by atoms with Crippen molar-refractivity contribution in [1.82, 2.24) is 4.98 Å². The molecule has 0 amide bonds. The van der Waals surface area contributed by atoms with E-state index in [4.69, 9.17) is 0 Å². The van der Waals surface area contributed by atoms with Crippen LogP contribution in [-0.4, -0.2) is 18.6 Å². The highest BCUT2D eigenvalue weighted by Crippen LogP contribution is 2.12. The van der Waals surface area contributed by atoms with Gasteiger partial charge in [-0.15, -0.1) is 0 Å². The fourth-order valence-electron chi connectivity index (χ4n) is 1.18. The molecule has 0 radical (unpaired) electrons. The molecule has 12 heavy (non-hydrogen) atoms. The van der Waals surface area contributed by atoms with Gasteiger partial charge in [0.15, 0.2) is 0 Å². The molecule has 0 aliphatic carbocycles. The van der Waals surface area contributed by atoms with E-state index in [9.17, 15) is 0 Å². The van der Waals surface area contributed by atoms with Crippen molar-refractivity contribution in [1.29, 1.82) is 0 Å². The van der Waals surface area contributed by atoms with E-state index in [2.05, 4.69) is 42.9 Å². The van der Waals surface area contributed by atoms with E-state index >= 15 is 0 Å². The lowest BCUT2D eigenvalue weighted by molar-refractivity contribution is 0.928. The van der Waals surface area contributed by atoms with E-state index in [1.807, 2.05) is 6.92 Å². The minimum absolute atomic E-state index is 0.996. The fourth-order valence-corrected chi connectivity index (χ4v) is 1.18. The van der Waals surface area contributed by atoms with Gasteiger partial charge in [0, 0.05) is 19.3 Å². The third kappa shape index (κ3) is 1.97. The summed E-state index contributed by atoms with van der Waals surface area (Å²) in [7, 11) is 2.06. The van der Waals surface area contributed by atoms with E-state index < -0.39 is 0 Å². The van der Waals surface area contributed by atoms with Crippen molar-refractivity contribution in [2.75, 3.05) is 18.5 Å². The highest BCUT2D eigenvalue weighted by Gasteiger charge is 2.00. The van der Waals surface area contributed by atoms with E-state index in [0.717, 1.165) is 18.1 Å². The number of nitrogens with zero attached hydrogens (tertiary/aromatic N) is 2. The van der Waals surface area contributed by atoms with Crippen molar-refractivity contribution in [2.45, 2.75) is 20.8 Å². The first kappa shape index (κ1) is 9.04. The number of pyridine rings is 1. The SMILES string of the molecule is CCN(C)c1cc(C)cc(C)n1. The van der Waals surface area contributed by atoms with Gasteiger partial charge in [-0.2, -0.15) is 0 Å². The van der Waals surface area contributed by atoms with Gasteiger partial charge in [0.25, 0.3) is 0 Å². The van der Waals surface area contributed by atoms with E-state index in [-0.39, 0.29) is 0 Å². The molecule has 0 unspecified atom stereocenters. The van der Waals surface area contributed by atoms with Crippen LogP contribution in [0.15, 0.2) is 12.1 Å². The van der Waals surface area contributed by atoms with Gasteiger partial charge in [-0.1, -0.05) is 0 Å². The summed E-state index contributed by atoms with van der Waals surface area (Å²) >= 11 is 0. The second-order valence-corrected chi connectivity index (χ2v) is 3.16. The Kier molecular flexibility index (Phi) is 2.69. The summed E-state index contributed by atoms with van der Waals surface area (Å²) in [6.45, 7) is 7.25. The van der Waals surface area contributed by atoms with Crippen molar-refractivity contribution in [3.05, 3.63) is 23.4 Å². The molecule has 1 heterocycles. The van der Waals surface area contributed by atoms with Crippen LogP contribution in [0.5, 0.6) is 0 Å². The zero-order chi connectivity index (χ0) is 9.14. The van der Waals surface area contributed by atoms with Gasteiger partial charge < -0.3 is 4.90 Å². The Labute approximate surface area is 74.2 Å². The third-order valence-electron chi connectivity index (χ3n) is 1.95. The van der Waals surface area contributed by atoms with Gasteiger partial charge in [0.1, 0.15) is 5.82 Å². The van der Waals surface area contributed by atoms with Gasteiger partial charge >= 0.3 is 0 Å². The molecule has 0 spiro atoms. The number of hydrogen-bond donors (Lipinski definition) is 0. The Morgan fingerprint density at radius 3 is 2.50 bits per heavy atom. The normalized spacial score (nSPS) is 10.0. The predicted molar refractivity (Wildman–Crippen MR) is 52.7 cm³/mol. The molecule has 1 aromatic rings. The van der Waals surface area contributed by atoms with Gasteiger partial charge in [-0.05, 0) is 38.5 Å². The molecule has 0 aromatic carbocycles. The Balaban J connectivity index is 3.00. The Hall–Kier alpha value is -1.05. The topological polar surface area (TPSA) is 16.1 Å². The largest absolute Gasteiger partial charge is 0.360 e. The smallest absolute Gasteiger partial charge is 0.128 e. The predicted octanol–water partition coefficient (Wildman–Crippen LogP) is 2.15. The summed E-state index contributed by atoms with van der Waals surface area (Å²) in [5, 5.41) is 0. The second-order valence-electron chi connectivity index (χ2n) is 3.16. The second kappa shape index (κ2) is 3.57. The number of rotatable bonds is 2. The quantitative estimate of drug-likeness (QED) is 0.666. The van der Waals surface area contributed by atoms with Crippen molar-refractivity contribution in [2.24, 2.45) is 0 Å². The molecule has 0 N–H and O–H groups in total. The van der Waals surface area contributed by atoms with Crippen LogP contribution in [0.2, 0.25) is 0 Å². The number of aromatic nitrogens is 1. The lowest BCUT2D eigenvalue weighted by atomic mass is 10.2. The maximum Gasteiger partial charge on any atom is 0.128 e. The van der Waals surface area contributed by atoms with Crippen LogP contribution in [0.3, 0.4) is 0 Å². The van der Waals surface area contributed by atoms with E-state index in [1.165, 1.54) is 5.56 Å². The van der Waals surface area contributed by atoms with E-state index in [1.54, 1.807) is 0 Å². The fraction of sp³-hybridized carbons (Fsp3) is 0.500. The number of anilines is 1. The number of aryl methyl sites for hydroxylation is 2. The van der Waals surface area contributed by atoms with Gasteiger partial charge in [-0.3, -0.25) is 0 Å². The molecule has 0 fully saturated rings. The maximum absolute atomic E-state index is 4.43. The van der Waals surface area contributed by atoms with Crippen LogP contribution in [0.25, 0.3) is 0 Å². The van der Waals surface area contributed by atoms with Crippen LogP contribution in [-0.2, 0) is 0 Å². The molecule has 2 heteroatoms. The number of hydrogen-bond acceptors (Lipinski definition) is 2. The lowest BCUT2D eigenvalue weighted by Crippen LogP contribution is -2.17. The highest BCUT2D eigenvalue weighted by atomic mass is 15.2. The summed E-state index contributed by atoms with van der Waals surface area (Å²) in [5.41, 5.74) is 2.36. The van der Waals surface area contributed by atoms with Gasteiger partial charge in [0.05, 0.1) is 0 Å². The minimum Gasteiger partial charge on any atom is -0.360 e.